The van der Waals surface area contributed by atoms with Crippen LogP contribution in [0.2, 0.25) is 0 Å². The van der Waals surface area contributed by atoms with E-state index in [0.717, 1.165) is 21.7 Å². The maximum Gasteiger partial charge on any atom is 0.124 e. The molecule has 0 saturated heterocycles. The Labute approximate surface area is 168 Å². The highest BCUT2D eigenvalue weighted by Gasteiger charge is 2.18. The molecule has 4 heteroatoms. The summed E-state index contributed by atoms with van der Waals surface area (Å²) in [6.07, 6.45) is 0. The monoisotopic (exact) mass is 402 g/mol. The van der Waals surface area contributed by atoms with E-state index < -0.39 is 0 Å². The van der Waals surface area contributed by atoms with E-state index in [9.17, 15) is 10.2 Å². The van der Waals surface area contributed by atoms with Crippen molar-refractivity contribution in [2.45, 2.75) is 0 Å². The number of hydrogen-bond acceptors (Lipinski definition) is 2. The topological polar surface area (TPSA) is 40.5 Å². The lowest BCUT2D eigenvalue weighted by Gasteiger charge is -2.17. The van der Waals surface area contributed by atoms with Gasteiger partial charge in [0.2, 0.25) is 0 Å². The predicted molar refractivity (Wildman–Crippen MR) is 123 cm³/mol. The van der Waals surface area contributed by atoms with Crippen LogP contribution in [-0.4, -0.2) is 10.2 Å². The molecule has 0 spiro atoms. The number of hydrogen-bond donors (Lipinski definition) is 2. The lowest BCUT2D eigenvalue weighted by molar-refractivity contribution is 0.470. The summed E-state index contributed by atoms with van der Waals surface area (Å²) in [5, 5.41) is 25.9. The molecule has 4 rings (SSSR count). The van der Waals surface area contributed by atoms with Crippen molar-refractivity contribution in [2.75, 3.05) is 0 Å². The van der Waals surface area contributed by atoms with Gasteiger partial charge in [0.15, 0.2) is 0 Å². The first kappa shape index (κ1) is 18.7. The quantitative estimate of drug-likeness (QED) is 0.495. The summed E-state index contributed by atoms with van der Waals surface area (Å²) in [5.41, 5.74) is 1.45. The van der Waals surface area contributed by atoms with Crippen molar-refractivity contribution in [3.05, 3.63) is 97.1 Å². The highest BCUT2D eigenvalue weighted by atomic mass is 31.1. The van der Waals surface area contributed by atoms with Crippen molar-refractivity contribution < 1.29 is 10.2 Å². The van der Waals surface area contributed by atoms with Crippen LogP contribution in [0.4, 0.5) is 0 Å². The molecule has 138 valence electrons. The van der Waals surface area contributed by atoms with Gasteiger partial charge >= 0.3 is 0 Å². The molecule has 0 aromatic heterocycles. The molecule has 2 unspecified atom stereocenters. The Hall–Kier alpha value is -2.66. The van der Waals surface area contributed by atoms with Crippen LogP contribution < -0.4 is 21.2 Å². The Morgan fingerprint density at radius 1 is 0.429 bits per heavy atom. The number of phenolic OH excluding ortho intramolecular Hbond substituents is 2. The molecule has 28 heavy (non-hydrogen) atoms. The first-order valence-electron chi connectivity index (χ1n) is 9.01. The van der Waals surface area contributed by atoms with Gasteiger partial charge in [-0.1, -0.05) is 102 Å². The molecule has 0 aliphatic carbocycles. The molecule has 0 heterocycles. The molecule has 0 amide bonds. The summed E-state index contributed by atoms with van der Waals surface area (Å²) in [6, 6.07) is 31.6. The van der Waals surface area contributed by atoms with Crippen molar-refractivity contribution >= 4 is 38.4 Å². The highest BCUT2D eigenvalue weighted by molar-refractivity contribution is 7.56. The Morgan fingerprint density at radius 2 is 0.821 bits per heavy atom. The van der Waals surface area contributed by atoms with Crippen molar-refractivity contribution in [1.29, 1.82) is 0 Å². The molecule has 0 bridgehead atoms. The fraction of sp³-hybridized carbons (Fsp3) is 0. The fourth-order valence-electron chi connectivity index (χ4n) is 3.17. The zero-order chi connectivity index (χ0) is 19.3. The van der Waals surface area contributed by atoms with E-state index in [0.29, 0.717) is 17.2 Å². The van der Waals surface area contributed by atoms with E-state index in [2.05, 4.69) is 24.3 Å². The van der Waals surface area contributed by atoms with E-state index in [-0.39, 0.29) is 11.5 Å². The minimum atomic E-state index is 0.196. The van der Waals surface area contributed by atoms with Crippen molar-refractivity contribution in [2.24, 2.45) is 0 Å². The normalized spacial score (nSPS) is 11.6. The smallest absolute Gasteiger partial charge is 0.124 e. The first-order valence-corrected chi connectivity index (χ1v) is 11.0. The SMILES string of the molecule is Oc1cccc(Pc2ccccc2)c1-c1c(O)cccc1Pc1ccccc1. The minimum absolute atomic E-state index is 0.196. The Morgan fingerprint density at radius 3 is 1.21 bits per heavy atom. The molecule has 0 saturated carbocycles. The van der Waals surface area contributed by atoms with E-state index >= 15 is 0 Å². The van der Waals surface area contributed by atoms with Gasteiger partial charge in [0.25, 0.3) is 0 Å². The molecular formula is C24H20O2P2. The van der Waals surface area contributed by atoms with Gasteiger partial charge in [-0.05, 0) is 33.4 Å². The lowest BCUT2D eigenvalue weighted by Crippen LogP contribution is -2.12. The third kappa shape index (κ3) is 4.09. The van der Waals surface area contributed by atoms with Crippen LogP contribution in [0.1, 0.15) is 0 Å². The van der Waals surface area contributed by atoms with Gasteiger partial charge < -0.3 is 10.2 Å². The molecular weight excluding hydrogens is 382 g/mol. The second-order valence-electron chi connectivity index (χ2n) is 6.38. The Kier molecular flexibility index (Phi) is 5.72. The van der Waals surface area contributed by atoms with Crippen LogP contribution in [0.3, 0.4) is 0 Å². The lowest BCUT2D eigenvalue weighted by atomic mass is 10.0. The number of phenols is 2. The Bertz CT molecular complexity index is 991. The summed E-state index contributed by atoms with van der Waals surface area (Å²) < 4.78 is 0. The van der Waals surface area contributed by atoms with E-state index in [1.54, 1.807) is 12.1 Å². The van der Waals surface area contributed by atoms with Gasteiger partial charge in [-0.3, -0.25) is 0 Å². The standard InChI is InChI=1S/C24H20O2P2/c25-19-13-7-15-21(27-17-9-3-1-4-10-17)23(19)24-20(26)14-8-16-22(24)28-18-11-5-2-6-12-18/h1-16,25-28H. The third-order valence-corrected chi connectivity index (χ3v) is 7.06. The van der Waals surface area contributed by atoms with Gasteiger partial charge in [-0.15, -0.1) is 0 Å². The van der Waals surface area contributed by atoms with Crippen molar-refractivity contribution in [1.82, 2.24) is 0 Å². The average molecular weight is 402 g/mol. The maximum absolute atomic E-state index is 10.7. The molecule has 0 fully saturated rings. The second kappa shape index (κ2) is 8.57. The molecule has 4 aromatic rings. The predicted octanol–water partition coefficient (Wildman–Crippen LogP) is 4.02. The van der Waals surface area contributed by atoms with Gasteiger partial charge in [0, 0.05) is 11.1 Å². The molecule has 4 aromatic carbocycles. The molecule has 0 radical (unpaired) electrons. The molecule has 0 aliphatic heterocycles. The van der Waals surface area contributed by atoms with Gasteiger partial charge in [-0.25, -0.2) is 0 Å². The Balaban J connectivity index is 1.83. The average Bonchev–Trinajstić information content (AvgIpc) is 2.71. The van der Waals surface area contributed by atoms with Gasteiger partial charge in [-0.2, -0.15) is 0 Å². The van der Waals surface area contributed by atoms with Crippen LogP contribution in [-0.2, 0) is 0 Å². The minimum Gasteiger partial charge on any atom is -0.507 e. The van der Waals surface area contributed by atoms with E-state index in [4.69, 9.17) is 0 Å². The van der Waals surface area contributed by atoms with E-state index in [1.807, 2.05) is 60.7 Å². The zero-order valence-electron chi connectivity index (χ0n) is 15.1. The van der Waals surface area contributed by atoms with Crippen LogP contribution in [0.25, 0.3) is 11.1 Å². The molecule has 2 N–H and O–H groups in total. The summed E-state index contributed by atoms with van der Waals surface area (Å²) >= 11 is 0. The van der Waals surface area contributed by atoms with Crippen molar-refractivity contribution in [3.8, 4) is 22.6 Å². The number of benzene rings is 4. The van der Waals surface area contributed by atoms with Crippen LogP contribution in [0.15, 0.2) is 97.1 Å². The molecule has 0 aliphatic rings. The second-order valence-corrected chi connectivity index (χ2v) is 9.11. The summed E-state index contributed by atoms with van der Waals surface area (Å²) in [6.45, 7) is 0. The largest absolute Gasteiger partial charge is 0.507 e. The third-order valence-electron chi connectivity index (χ3n) is 4.44. The van der Waals surface area contributed by atoms with Crippen LogP contribution in [0.5, 0.6) is 11.5 Å². The zero-order valence-corrected chi connectivity index (χ0v) is 17.1. The first-order chi connectivity index (χ1) is 13.7. The molecule has 2 atom stereocenters. The summed E-state index contributed by atoms with van der Waals surface area (Å²) in [5.74, 6) is 0.392. The van der Waals surface area contributed by atoms with Crippen LogP contribution in [0, 0.1) is 0 Å². The molecule has 2 nitrogen and oxygen atoms in total. The van der Waals surface area contributed by atoms with Crippen molar-refractivity contribution in [3.63, 3.8) is 0 Å². The van der Waals surface area contributed by atoms with Gasteiger partial charge in [0.05, 0.1) is 0 Å². The fourth-order valence-corrected chi connectivity index (χ4v) is 5.62. The number of aromatic hydroxyl groups is 2. The summed E-state index contributed by atoms with van der Waals surface area (Å²) in [4.78, 5) is 0. The van der Waals surface area contributed by atoms with Crippen LogP contribution >= 0.6 is 17.2 Å². The van der Waals surface area contributed by atoms with E-state index in [1.165, 1.54) is 10.6 Å². The highest BCUT2D eigenvalue weighted by Crippen LogP contribution is 2.37. The van der Waals surface area contributed by atoms with Gasteiger partial charge in [0.1, 0.15) is 11.5 Å². The maximum atomic E-state index is 10.7. The summed E-state index contributed by atoms with van der Waals surface area (Å²) in [7, 11) is 0.780. The number of rotatable bonds is 5.